The third-order valence-corrected chi connectivity index (χ3v) is 2.83. The first-order valence-corrected chi connectivity index (χ1v) is 4.67. The van der Waals surface area contributed by atoms with E-state index in [2.05, 4.69) is 0 Å². The maximum Gasteiger partial charge on any atom is 0.332 e. The van der Waals surface area contributed by atoms with E-state index < -0.39 is 36.6 Å². The lowest BCUT2D eigenvalue weighted by Gasteiger charge is -2.35. The number of rotatable bonds is 7. The highest BCUT2D eigenvalue weighted by Crippen LogP contribution is 2.32. The number of carboxylic acid groups (broad SMARTS) is 1. The normalized spacial score (nSPS) is 16.1. The predicted molar refractivity (Wildman–Crippen MR) is 51.1 cm³/mol. The minimum absolute atomic E-state index is 0.295. The fourth-order valence-electron chi connectivity index (χ4n) is 1.36. The van der Waals surface area contributed by atoms with Crippen LogP contribution < -0.4 is 0 Å². The van der Waals surface area contributed by atoms with E-state index in [0.29, 0.717) is 0 Å². The third-order valence-electron chi connectivity index (χ3n) is 2.83. The smallest absolute Gasteiger partial charge is 0.332 e. The van der Waals surface area contributed by atoms with Crippen LogP contribution >= 0.6 is 0 Å². The van der Waals surface area contributed by atoms with E-state index in [1.807, 2.05) is 0 Å². The Balaban J connectivity index is 4.70. The zero-order valence-electron chi connectivity index (χ0n) is 8.63. The molecule has 6 heteroatoms. The highest BCUT2D eigenvalue weighted by atomic mass is 16.4. The molecule has 0 aliphatic rings. The number of hydrogen-bond donors (Lipinski definition) is 5. The summed E-state index contributed by atoms with van der Waals surface area (Å²) in [6.07, 6.45) is -1.95. The second kappa shape index (κ2) is 6.02. The Morgan fingerprint density at radius 2 is 1.73 bits per heavy atom. The highest BCUT2D eigenvalue weighted by molar-refractivity contribution is 5.71. The van der Waals surface area contributed by atoms with Crippen molar-refractivity contribution < 1.29 is 30.3 Å². The van der Waals surface area contributed by atoms with Crippen molar-refractivity contribution in [2.45, 2.75) is 19.4 Å². The average Bonchev–Trinajstić information content (AvgIpc) is 2.24. The fraction of sp³-hybridized carbons (Fsp3) is 0.889. The number of carbonyl (C=O) groups is 1. The third kappa shape index (κ3) is 3.42. The molecule has 0 aromatic carbocycles. The van der Waals surface area contributed by atoms with Crippen LogP contribution in [0.2, 0.25) is 0 Å². The number of hydrogen-bond acceptors (Lipinski definition) is 5. The molecule has 90 valence electrons. The molecule has 0 fully saturated rings. The summed E-state index contributed by atoms with van der Waals surface area (Å²) in [5.41, 5.74) is -1.17. The number of aliphatic carboxylic acids is 1. The Morgan fingerprint density at radius 1 is 1.27 bits per heavy atom. The van der Waals surface area contributed by atoms with Gasteiger partial charge in [-0.2, -0.15) is 0 Å². The SMILES string of the molecule is CC(CO)C(CO)(CO)CC(O)C(=O)O. The van der Waals surface area contributed by atoms with Gasteiger partial charge in [-0.3, -0.25) is 0 Å². The van der Waals surface area contributed by atoms with E-state index in [4.69, 9.17) is 25.5 Å². The van der Waals surface area contributed by atoms with E-state index in [9.17, 15) is 4.79 Å². The highest BCUT2D eigenvalue weighted by Gasteiger charge is 2.38. The van der Waals surface area contributed by atoms with Crippen LogP contribution in [0.5, 0.6) is 0 Å². The van der Waals surface area contributed by atoms with Crippen LogP contribution in [0.25, 0.3) is 0 Å². The summed E-state index contributed by atoms with van der Waals surface area (Å²) in [5.74, 6) is -1.91. The molecule has 2 unspecified atom stereocenters. The standard InChI is InChI=1S/C9H18O6/c1-6(3-10)9(4-11,5-12)2-7(13)8(14)15/h6-7,10-13H,2-5H2,1H3,(H,14,15). The molecule has 0 rings (SSSR count). The molecular formula is C9H18O6. The van der Waals surface area contributed by atoms with Crippen LogP contribution in [0.3, 0.4) is 0 Å². The first-order valence-electron chi connectivity index (χ1n) is 4.67. The Hall–Kier alpha value is -0.690. The molecule has 2 atom stereocenters. The lowest BCUT2D eigenvalue weighted by Crippen LogP contribution is -2.43. The Morgan fingerprint density at radius 3 is 2.00 bits per heavy atom. The van der Waals surface area contributed by atoms with Crippen LogP contribution in [0.4, 0.5) is 0 Å². The molecule has 0 spiro atoms. The van der Waals surface area contributed by atoms with Gasteiger partial charge in [0, 0.05) is 12.0 Å². The molecule has 5 N–H and O–H groups in total. The zero-order valence-corrected chi connectivity index (χ0v) is 8.63. The molecule has 0 saturated heterocycles. The molecule has 0 aromatic heterocycles. The average molecular weight is 222 g/mol. The molecule has 0 amide bonds. The maximum atomic E-state index is 10.4. The van der Waals surface area contributed by atoms with Crippen LogP contribution in [0.15, 0.2) is 0 Å². The largest absolute Gasteiger partial charge is 0.479 e. The zero-order chi connectivity index (χ0) is 12.1. The molecule has 0 aromatic rings. The van der Waals surface area contributed by atoms with Crippen LogP contribution in [-0.2, 0) is 4.79 Å². The minimum Gasteiger partial charge on any atom is -0.479 e. The monoisotopic (exact) mass is 222 g/mol. The maximum absolute atomic E-state index is 10.4. The van der Waals surface area contributed by atoms with E-state index in [0.717, 1.165) is 0 Å². The van der Waals surface area contributed by atoms with Crippen molar-refractivity contribution in [2.75, 3.05) is 19.8 Å². The predicted octanol–water partition coefficient (Wildman–Crippen LogP) is -1.58. The van der Waals surface area contributed by atoms with Gasteiger partial charge < -0.3 is 25.5 Å². The van der Waals surface area contributed by atoms with Crippen molar-refractivity contribution in [1.82, 2.24) is 0 Å². The van der Waals surface area contributed by atoms with Gasteiger partial charge in [0.25, 0.3) is 0 Å². The molecule has 6 nitrogen and oxygen atoms in total. The molecule has 0 radical (unpaired) electrons. The molecular weight excluding hydrogens is 204 g/mol. The lowest BCUT2D eigenvalue weighted by molar-refractivity contribution is -0.151. The molecule has 0 aliphatic carbocycles. The van der Waals surface area contributed by atoms with Crippen molar-refractivity contribution in [3.05, 3.63) is 0 Å². The molecule has 0 aliphatic heterocycles. The minimum atomic E-state index is -1.65. The van der Waals surface area contributed by atoms with Gasteiger partial charge in [0.05, 0.1) is 13.2 Å². The Labute approximate surface area is 87.8 Å². The van der Waals surface area contributed by atoms with Gasteiger partial charge in [0.15, 0.2) is 6.10 Å². The van der Waals surface area contributed by atoms with Crippen molar-refractivity contribution >= 4 is 5.97 Å². The fourth-order valence-corrected chi connectivity index (χ4v) is 1.36. The van der Waals surface area contributed by atoms with Crippen molar-refractivity contribution in [3.8, 4) is 0 Å². The quantitative estimate of drug-likeness (QED) is 0.355. The van der Waals surface area contributed by atoms with Gasteiger partial charge in [0.1, 0.15) is 0 Å². The van der Waals surface area contributed by atoms with Gasteiger partial charge in [-0.1, -0.05) is 6.92 Å². The lowest BCUT2D eigenvalue weighted by atomic mass is 9.73. The van der Waals surface area contributed by atoms with Gasteiger partial charge in [-0.25, -0.2) is 4.79 Å². The number of aliphatic hydroxyl groups is 4. The first-order chi connectivity index (χ1) is 6.93. The van der Waals surface area contributed by atoms with Crippen molar-refractivity contribution in [2.24, 2.45) is 11.3 Å². The summed E-state index contributed by atoms with van der Waals surface area (Å²) < 4.78 is 0. The Bertz CT molecular complexity index is 201. The summed E-state index contributed by atoms with van der Waals surface area (Å²) in [6, 6.07) is 0. The summed E-state index contributed by atoms with van der Waals surface area (Å²) in [4.78, 5) is 10.4. The van der Waals surface area contributed by atoms with Gasteiger partial charge in [-0.05, 0) is 12.3 Å². The second-order valence-corrected chi connectivity index (χ2v) is 3.82. The summed E-state index contributed by atoms with van der Waals surface area (Å²) in [5, 5.41) is 44.9. The number of carboxylic acids is 1. The summed E-state index contributed by atoms with van der Waals surface area (Å²) in [6.45, 7) is 0.291. The van der Waals surface area contributed by atoms with Crippen LogP contribution in [0.1, 0.15) is 13.3 Å². The van der Waals surface area contributed by atoms with E-state index in [1.54, 1.807) is 6.92 Å². The molecule has 0 bridgehead atoms. The van der Waals surface area contributed by atoms with Crippen molar-refractivity contribution in [3.63, 3.8) is 0 Å². The van der Waals surface area contributed by atoms with Crippen LogP contribution in [0, 0.1) is 11.3 Å². The van der Waals surface area contributed by atoms with Gasteiger partial charge in [0.2, 0.25) is 0 Å². The molecule has 15 heavy (non-hydrogen) atoms. The number of aliphatic hydroxyl groups excluding tert-OH is 4. The van der Waals surface area contributed by atoms with E-state index >= 15 is 0 Å². The van der Waals surface area contributed by atoms with Crippen LogP contribution in [-0.4, -0.2) is 57.4 Å². The molecule has 0 saturated carbocycles. The second-order valence-electron chi connectivity index (χ2n) is 3.82. The summed E-state index contributed by atoms with van der Waals surface area (Å²) in [7, 11) is 0. The van der Waals surface area contributed by atoms with E-state index in [-0.39, 0.29) is 13.0 Å². The first kappa shape index (κ1) is 14.3. The van der Waals surface area contributed by atoms with Gasteiger partial charge in [-0.15, -0.1) is 0 Å². The van der Waals surface area contributed by atoms with Crippen molar-refractivity contribution in [1.29, 1.82) is 0 Å². The van der Waals surface area contributed by atoms with E-state index in [1.165, 1.54) is 0 Å². The summed E-state index contributed by atoms with van der Waals surface area (Å²) >= 11 is 0. The molecule has 0 heterocycles. The Kier molecular flexibility index (Phi) is 5.74. The topological polar surface area (TPSA) is 118 Å². The van der Waals surface area contributed by atoms with Gasteiger partial charge >= 0.3 is 5.97 Å².